The first-order valence-electron chi connectivity index (χ1n) is 6.46. The van der Waals surface area contributed by atoms with Gasteiger partial charge in [-0.25, -0.2) is 0 Å². The molecule has 5 heteroatoms. The molecule has 2 rings (SSSR count). The topological polar surface area (TPSA) is 12.0 Å². The molecule has 0 saturated heterocycles. The van der Waals surface area contributed by atoms with Crippen molar-refractivity contribution >= 4 is 11.8 Å². The van der Waals surface area contributed by atoms with Crippen LogP contribution in [0.2, 0.25) is 0 Å². The average molecular weight is 267 g/mol. The molecule has 1 nitrogen and oxygen atoms in total. The van der Waals surface area contributed by atoms with E-state index in [1.165, 1.54) is 38.5 Å². The Morgan fingerprint density at radius 1 is 1.12 bits per heavy atom. The monoisotopic (exact) mass is 267 g/mol. The van der Waals surface area contributed by atoms with E-state index >= 15 is 0 Å². The molecule has 0 aromatic heterocycles. The first-order valence-corrected chi connectivity index (χ1v) is 7.45. The summed E-state index contributed by atoms with van der Waals surface area (Å²) in [6.45, 7) is 0.483. The molecular formula is C12H20F3NS. The van der Waals surface area contributed by atoms with Crippen molar-refractivity contribution < 1.29 is 13.2 Å². The molecule has 1 N–H and O–H groups in total. The summed E-state index contributed by atoms with van der Waals surface area (Å²) < 4.78 is 35.9. The molecule has 0 heterocycles. The van der Waals surface area contributed by atoms with Gasteiger partial charge in [-0.3, -0.25) is 0 Å². The summed E-state index contributed by atoms with van der Waals surface area (Å²) in [5.74, 6) is 0.135. The summed E-state index contributed by atoms with van der Waals surface area (Å²) in [5, 5.41) is 3.33. The largest absolute Gasteiger partial charge is 0.441 e. The van der Waals surface area contributed by atoms with Gasteiger partial charge in [-0.05, 0) is 42.9 Å². The Morgan fingerprint density at radius 2 is 1.82 bits per heavy atom. The lowest BCUT2D eigenvalue weighted by Gasteiger charge is -2.52. The predicted molar refractivity (Wildman–Crippen MR) is 65.1 cm³/mol. The van der Waals surface area contributed by atoms with Crippen LogP contribution in [0.4, 0.5) is 13.2 Å². The van der Waals surface area contributed by atoms with Gasteiger partial charge in [0.1, 0.15) is 0 Å². The molecule has 0 aliphatic heterocycles. The van der Waals surface area contributed by atoms with E-state index in [1.807, 2.05) is 0 Å². The van der Waals surface area contributed by atoms with E-state index in [1.54, 1.807) is 0 Å². The maximum absolute atomic E-state index is 12.0. The van der Waals surface area contributed by atoms with Crippen LogP contribution in [0.1, 0.15) is 44.9 Å². The van der Waals surface area contributed by atoms with Crippen molar-refractivity contribution in [1.29, 1.82) is 0 Å². The fraction of sp³-hybridized carbons (Fsp3) is 1.00. The number of hydrogen-bond donors (Lipinski definition) is 1. The summed E-state index contributed by atoms with van der Waals surface area (Å²) in [6.07, 6.45) is 8.91. The van der Waals surface area contributed by atoms with Crippen LogP contribution >= 0.6 is 11.8 Å². The number of thioether (sulfide) groups is 1. The van der Waals surface area contributed by atoms with E-state index in [0.29, 0.717) is 18.0 Å². The van der Waals surface area contributed by atoms with E-state index in [9.17, 15) is 13.2 Å². The highest BCUT2D eigenvalue weighted by atomic mass is 32.2. The van der Waals surface area contributed by atoms with Crippen LogP contribution in [0.25, 0.3) is 0 Å². The zero-order chi connectivity index (χ0) is 12.4. The van der Waals surface area contributed by atoms with Crippen LogP contribution in [-0.2, 0) is 0 Å². The van der Waals surface area contributed by atoms with Crippen molar-refractivity contribution in [3.63, 3.8) is 0 Å². The molecule has 1 atom stereocenters. The van der Waals surface area contributed by atoms with Crippen molar-refractivity contribution in [3.8, 4) is 0 Å². The predicted octanol–water partition coefficient (Wildman–Crippen LogP) is 3.94. The highest BCUT2D eigenvalue weighted by Gasteiger charge is 2.46. The number of nitrogens with one attached hydrogen (secondary N) is 1. The highest BCUT2D eigenvalue weighted by Crippen LogP contribution is 2.51. The number of hydrogen-bond acceptors (Lipinski definition) is 2. The first-order chi connectivity index (χ1) is 8.02. The van der Waals surface area contributed by atoms with Gasteiger partial charge < -0.3 is 5.32 Å². The lowest BCUT2D eigenvalue weighted by molar-refractivity contribution is -0.0328. The quantitative estimate of drug-likeness (QED) is 0.774. The molecule has 1 unspecified atom stereocenters. The molecule has 0 radical (unpaired) electrons. The SMILES string of the molecule is FC(F)(F)SCCNC1CCC12CCCCC2. The van der Waals surface area contributed by atoms with E-state index in [0.717, 1.165) is 6.42 Å². The van der Waals surface area contributed by atoms with Gasteiger partial charge in [0, 0.05) is 18.3 Å². The lowest BCUT2D eigenvalue weighted by atomic mass is 9.57. The summed E-state index contributed by atoms with van der Waals surface area (Å²) in [5.41, 5.74) is -3.63. The van der Waals surface area contributed by atoms with Crippen LogP contribution in [-0.4, -0.2) is 23.8 Å². The summed E-state index contributed by atoms with van der Waals surface area (Å²) in [4.78, 5) is 0. The van der Waals surface area contributed by atoms with Crippen molar-refractivity contribution in [2.75, 3.05) is 12.3 Å². The van der Waals surface area contributed by atoms with Gasteiger partial charge in [0.2, 0.25) is 0 Å². The molecule has 2 aliphatic rings. The van der Waals surface area contributed by atoms with Gasteiger partial charge in [0.25, 0.3) is 0 Å². The van der Waals surface area contributed by atoms with Gasteiger partial charge in [-0.2, -0.15) is 13.2 Å². The normalized spacial score (nSPS) is 28.1. The Hall–Kier alpha value is 0.1000. The van der Waals surface area contributed by atoms with E-state index in [-0.39, 0.29) is 17.5 Å². The Morgan fingerprint density at radius 3 is 2.35 bits per heavy atom. The third-order valence-electron chi connectivity index (χ3n) is 4.28. The molecule has 2 aliphatic carbocycles. The fourth-order valence-corrected chi connectivity index (χ4v) is 3.72. The molecule has 17 heavy (non-hydrogen) atoms. The average Bonchev–Trinajstić information content (AvgIpc) is 2.27. The van der Waals surface area contributed by atoms with E-state index < -0.39 is 5.51 Å². The van der Waals surface area contributed by atoms with Crippen molar-refractivity contribution in [1.82, 2.24) is 5.32 Å². The summed E-state index contributed by atoms with van der Waals surface area (Å²) in [7, 11) is 0. The molecule has 1 spiro atoms. The minimum Gasteiger partial charge on any atom is -0.313 e. The maximum Gasteiger partial charge on any atom is 0.441 e. The highest BCUT2D eigenvalue weighted by molar-refractivity contribution is 8.00. The Bertz CT molecular complexity index is 249. The van der Waals surface area contributed by atoms with Gasteiger partial charge >= 0.3 is 5.51 Å². The second-order valence-electron chi connectivity index (χ2n) is 5.26. The first kappa shape index (κ1) is 13.5. The van der Waals surface area contributed by atoms with Crippen LogP contribution < -0.4 is 5.32 Å². The molecule has 100 valence electrons. The third kappa shape index (κ3) is 3.53. The standard InChI is InChI=1S/C12H20F3NS/c13-12(14,15)17-9-8-16-10-4-7-11(10)5-2-1-3-6-11/h10,16H,1-9H2. The minimum absolute atomic E-state index is 0.0827. The Balaban J connectivity index is 1.66. The summed E-state index contributed by atoms with van der Waals surface area (Å²) >= 11 is 0.0827. The molecule has 0 bridgehead atoms. The van der Waals surface area contributed by atoms with Gasteiger partial charge in [0.05, 0.1) is 0 Å². The second kappa shape index (κ2) is 5.39. The van der Waals surface area contributed by atoms with Crippen LogP contribution in [0.15, 0.2) is 0 Å². The second-order valence-corrected chi connectivity index (χ2v) is 6.42. The van der Waals surface area contributed by atoms with Gasteiger partial charge in [-0.1, -0.05) is 19.3 Å². The molecule has 2 saturated carbocycles. The van der Waals surface area contributed by atoms with Crippen molar-refractivity contribution in [2.24, 2.45) is 5.41 Å². The molecule has 0 amide bonds. The third-order valence-corrected chi connectivity index (χ3v) is 5.01. The Labute approximate surface area is 105 Å². The lowest BCUT2D eigenvalue weighted by Crippen LogP contribution is -2.54. The number of alkyl halides is 3. The zero-order valence-corrected chi connectivity index (χ0v) is 10.8. The zero-order valence-electron chi connectivity index (χ0n) is 9.98. The summed E-state index contributed by atoms with van der Waals surface area (Å²) in [6, 6.07) is 0.483. The molecule has 2 fully saturated rings. The maximum atomic E-state index is 12.0. The minimum atomic E-state index is -4.08. The van der Waals surface area contributed by atoms with E-state index in [2.05, 4.69) is 5.32 Å². The van der Waals surface area contributed by atoms with Crippen molar-refractivity contribution in [2.45, 2.75) is 56.5 Å². The number of halogens is 3. The Kier molecular flexibility index (Phi) is 4.29. The van der Waals surface area contributed by atoms with E-state index in [4.69, 9.17) is 0 Å². The molecule has 0 aromatic carbocycles. The smallest absolute Gasteiger partial charge is 0.313 e. The van der Waals surface area contributed by atoms with Crippen LogP contribution in [0.3, 0.4) is 0 Å². The molecular weight excluding hydrogens is 247 g/mol. The molecule has 0 aromatic rings. The van der Waals surface area contributed by atoms with Crippen LogP contribution in [0, 0.1) is 5.41 Å². The van der Waals surface area contributed by atoms with Gasteiger partial charge in [0.15, 0.2) is 0 Å². The fourth-order valence-electron chi connectivity index (χ4n) is 3.27. The number of rotatable bonds is 4. The van der Waals surface area contributed by atoms with Crippen LogP contribution in [0.5, 0.6) is 0 Å². The van der Waals surface area contributed by atoms with Crippen molar-refractivity contribution in [3.05, 3.63) is 0 Å². The van der Waals surface area contributed by atoms with Gasteiger partial charge in [-0.15, -0.1) is 0 Å².